The number of para-hydroxylation sites is 1. The van der Waals surface area contributed by atoms with Gasteiger partial charge in [-0.3, -0.25) is 0 Å². The summed E-state index contributed by atoms with van der Waals surface area (Å²) >= 11 is 1.87. The first-order valence-electron chi connectivity index (χ1n) is 23.4. The van der Waals surface area contributed by atoms with Gasteiger partial charge in [-0.1, -0.05) is 121 Å². The molecule has 1 aliphatic carbocycles. The average molecular weight is 872 g/mol. The molecule has 12 aromatic rings. The minimum atomic E-state index is 0.0539. The van der Waals surface area contributed by atoms with Crippen LogP contribution in [0, 0.1) is 0 Å². The van der Waals surface area contributed by atoms with Crippen LogP contribution in [-0.2, 0) is 16.2 Å². The zero-order chi connectivity index (χ0) is 44.6. The summed E-state index contributed by atoms with van der Waals surface area (Å²) in [4.78, 5) is 0. The van der Waals surface area contributed by atoms with Gasteiger partial charge in [-0.15, -0.1) is 11.3 Å². The predicted octanol–water partition coefficient (Wildman–Crippen LogP) is 16.0. The van der Waals surface area contributed by atoms with Crippen molar-refractivity contribution in [2.24, 2.45) is 0 Å². The molecule has 1 aliphatic heterocycles. The van der Waals surface area contributed by atoms with E-state index in [4.69, 9.17) is 8.83 Å². The van der Waals surface area contributed by atoms with Crippen molar-refractivity contribution in [2.45, 2.75) is 77.6 Å². The van der Waals surface area contributed by atoms with Gasteiger partial charge in [0.1, 0.15) is 22.3 Å². The second kappa shape index (κ2) is 13.0. The first kappa shape index (κ1) is 38.5. The van der Waals surface area contributed by atoms with E-state index in [9.17, 15) is 0 Å². The summed E-state index contributed by atoms with van der Waals surface area (Å²) in [5.41, 5.74) is 18.3. The molecule has 0 spiro atoms. The number of furan rings is 2. The molecule has 5 heterocycles. The molecular weight excluding hydrogens is 824 g/mol. The molecular formula is C60H48BN2O2S. The third-order valence-electron chi connectivity index (χ3n) is 15.4. The molecule has 8 aromatic carbocycles. The third-order valence-corrected chi connectivity index (χ3v) is 16.6. The van der Waals surface area contributed by atoms with Crippen molar-refractivity contribution in [2.75, 3.05) is 5.32 Å². The topological polar surface area (TPSA) is 43.2 Å². The van der Waals surface area contributed by atoms with Crippen LogP contribution < -0.4 is 16.2 Å². The number of fused-ring (bicyclic) bond motifs is 15. The predicted molar refractivity (Wildman–Crippen MR) is 282 cm³/mol. The summed E-state index contributed by atoms with van der Waals surface area (Å²) in [5.74, 6) is 0. The zero-order valence-electron chi connectivity index (χ0n) is 38.4. The quantitative estimate of drug-likeness (QED) is 0.180. The second-order valence-corrected chi connectivity index (χ2v) is 22.6. The minimum absolute atomic E-state index is 0.0539. The van der Waals surface area contributed by atoms with Gasteiger partial charge in [0, 0.05) is 87.1 Å². The number of aromatic nitrogens is 1. The molecule has 2 aliphatic rings. The molecule has 4 nitrogen and oxygen atoms in total. The van der Waals surface area contributed by atoms with Crippen LogP contribution in [0.1, 0.15) is 78.0 Å². The zero-order valence-corrected chi connectivity index (χ0v) is 39.2. The van der Waals surface area contributed by atoms with Crippen LogP contribution in [-0.4, -0.2) is 11.8 Å². The molecule has 4 aromatic heterocycles. The molecule has 0 unspecified atom stereocenters. The summed E-state index contributed by atoms with van der Waals surface area (Å²) in [6, 6.07) is 49.9. The highest BCUT2D eigenvalue weighted by Gasteiger charge is 2.38. The van der Waals surface area contributed by atoms with Crippen LogP contribution >= 0.6 is 11.3 Å². The van der Waals surface area contributed by atoms with Crippen molar-refractivity contribution >= 4 is 127 Å². The maximum Gasteiger partial charge on any atom is 0.197 e. The van der Waals surface area contributed by atoms with Gasteiger partial charge in [-0.25, -0.2) is 0 Å². The van der Waals surface area contributed by atoms with Gasteiger partial charge in [-0.2, -0.15) is 0 Å². The lowest BCUT2D eigenvalue weighted by Crippen LogP contribution is -2.37. The number of rotatable bonds is 3. The maximum absolute atomic E-state index is 6.93. The highest BCUT2D eigenvalue weighted by Crippen LogP contribution is 2.50. The van der Waals surface area contributed by atoms with Gasteiger partial charge in [0.15, 0.2) is 7.28 Å². The first-order valence-corrected chi connectivity index (χ1v) is 24.3. The van der Waals surface area contributed by atoms with E-state index in [1.54, 1.807) is 0 Å². The molecule has 0 saturated heterocycles. The molecule has 0 atom stereocenters. The van der Waals surface area contributed by atoms with E-state index in [1.807, 2.05) is 11.3 Å². The van der Waals surface area contributed by atoms with Crippen molar-refractivity contribution in [1.29, 1.82) is 0 Å². The summed E-state index contributed by atoms with van der Waals surface area (Å²) in [6.45, 7) is 16.4. The van der Waals surface area contributed by atoms with Crippen molar-refractivity contribution in [1.82, 2.24) is 4.57 Å². The van der Waals surface area contributed by atoms with Gasteiger partial charge in [-0.05, 0) is 111 Å². The lowest BCUT2D eigenvalue weighted by molar-refractivity contribution is 0.332. The Morgan fingerprint density at radius 1 is 0.561 bits per heavy atom. The molecule has 0 bridgehead atoms. The Balaban J connectivity index is 1.07. The second-order valence-electron chi connectivity index (χ2n) is 21.5. The number of nitrogens with one attached hydrogen (secondary N) is 1. The van der Waals surface area contributed by atoms with E-state index in [-0.39, 0.29) is 16.2 Å². The molecule has 0 saturated carbocycles. The molecule has 0 fully saturated rings. The van der Waals surface area contributed by atoms with Crippen molar-refractivity contribution < 1.29 is 8.83 Å². The fourth-order valence-corrected chi connectivity index (χ4v) is 12.8. The number of hydrogen-bond donors (Lipinski definition) is 1. The van der Waals surface area contributed by atoms with Crippen LogP contribution in [0.5, 0.6) is 0 Å². The Labute approximate surface area is 388 Å². The normalized spacial score (nSPS) is 15.4. The SMILES string of the molecule is CC(C)(C)c1ccc(Nc2cc3oc4cc5c(cc4c3cc2-c2ccc3c4cc6c(cc4n4c3c2[B]c2cc3c(cc2-4)oc2ccccc23)sc2ccccc26)C(C)(C)CCC5(C)C)cc1. The third kappa shape index (κ3) is 5.39. The smallest absolute Gasteiger partial charge is 0.197 e. The summed E-state index contributed by atoms with van der Waals surface area (Å²) in [7, 11) is 2.44. The molecule has 66 heavy (non-hydrogen) atoms. The first-order chi connectivity index (χ1) is 31.8. The highest BCUT2D eigenvalue weighted by atomic mass is 32.1. The molecule has 1 N–H and O–H groups in total. The standard InChI is InChI=1S/C60H48BN2O2S/c1-58(2,3)32-16-18-33(19-17-32)62-47-29-52-40(41-26-44-45(28-51(41)65-52)60(6,7)23-22-59(44,4)5)24-38(47)36-20-21-37-39-25-43-35-13-9-11-15-54(35)66-55(43)31-48(39)63-49-30-53-42(27-46(49)61-56(36)57(37)63)34-12-8-10-14-50(34)64-53/h8-21,24-31,62H,22-23H2,1-7H3. The summed E-state index contributed by atoms with van der Waals surface area (Å²) < 4.78 is 18.6. The van der Waals surface area contributed by atoms with E-state index in [0.29, 0.717) is 0 Å². The van der Waals surface area contributed by atoms with Crippen LogP contribution in [0.15, 0.2) is 142 Å². The van der Waals surface area contributed by atoms with Gasteiger partial charge < -0.3 is 18.7 Å². The largest absolute Gasteiger partial charge is 0.456 e. The summed E-state index contributed by atoms with van der Waals surface area (Å²) in [6.07, 6.45) is 2.31. The van der Waals surface area contributed by atoms with Crippen LogP contribution in [0.4, 0.5) is 11.4 Å². The lowest BCUT2D eigenvalue weighted by atomic mass is 9.59. The Morgan fingerprint density at radius 2 is 1.24 bits per heavy atom. The van der Waals surface area contributed by atoms with Crippen LogP contribution in [0.2, 0.25) is 0 Å². The lowest BCUT2D eigenvalue weighted by Gasteiger charge is -2.41. The minimum Gasteiger partial charge on any atom is -0.456 e. The van der Waals surface area contributed by atoms with Gasteiger partial charge in [0.2, 0.25) is 0 Å². The van der Waals surface area contributed by atoms with E-state index in [0.717, 1.165) is 74.0 Å². The Hall–Kier alpha value is -6.76. The number of nitrogens with zero attached hydrogens (tertiary/aromatic N) is 1. The summed E-state index contributed by atoms with van der Waals surface area (Å²) in [5, 5.41) is 13.6. The Kier molecular flexibility index (Phi) is 7.58. The Morgan fingerprint density at radius 3 is 2.05 bits per heavy atom. The number of thiophene rings is 1. The average Bonchev–Trinajstić information content (AvgIpc) is 4.05. The van der Waals surface area contributed by atoms with Crippen molar-refractivity contribution in [3.63, 3.8) is 0 Å². The number of hydrogen-bond acceptors (Lipinski definition) is 4. The van der Waals surface area contributed by atoms with Gasteiger partial charge in [0.05, 0.1) is 11.2 Å². The highest BCUT2D eigenvalue weighted by molar-refractivity contribution is 7.25. The van der Waals surface area contributed by atoms with Crippen LogP contribution in [0.25, 0.3) is 103 Å². The number of benzene rings is 8. The van der Waals surface area contributed by atoms with Crippen molar-refractivity contribution in [3.8, 4) is 16.8 Å². The van der Waals surface area contributed by atoms with E-state index >= 15 is 0 Å². The fourth-order valence-electron chi connectivity index (χ4n) is 11.6. The van der Waals surface area contributed by atoms with Gasteiger partial charge in [0.25, 0.3) is 0 Å². The van der Waals surface area contributed by atoms with E-state index in [1.165, 1.54) is 80.5 Å². The van der Waals surface area contributed by atoms with Crippen LogP contribution in [0.3, 0.4) is 0 Å². The molecule has 0 amide bonds. The monoisotopic (exact) mass is 871 g/mol. The molecule has 1 radical (unpaired) electrons. The maximum atomic E-state index is 6.93. The fraction of sp³-hybridized carbons (Fsp3) is 0.200. The molecule has 14 rings (SSSR count). The van der Waals surface area contributed by atoms with Crippen molar-refractivity contribution in [3.05, 3.63) is 150 Å². The van der Waals surface area contributed by atoms with E-state index < -0.39 is 0 Å². The molecule has 6 heteroatoms. The number of anilines is 2. The van der Waals surface area contributed by atoms with E-state index in [2.05, 4.69) is 199 Å². The molecule has 319 valence electrons. The Bertz CT molecular complexity index is 4090. The van der Waals surface area contributed by atoms with Gasteiger partial charge >= 0.3 is 0 Å².